The highest BCUT2D eigenvalue weighted by Crippen LogP contribution is 2.46. The van der Waals surface area contributed by atoms with E-state index in [9.17, 15) is 9.37 Å². The summed E-state index contributed by atoms with van der Waals surface area (Å²) in [5.41, 5.74) is 10.5. The van der Waals surface area contributed by atoms with Gasteiger partial charge >= 0.3 is 0 Å². The molecule has 1 saturated heterocycles. The van der Waals surface area contributed by atoms with Crippen LogP contribution in [0.4, 0.5) is 0 Å². The standard InChI is InChI=1S/C48H54N2OSi/c1-30(2)40-25-37(32-20-23-52(8,9)24-21-32)26-41(31(3)4)44(40)34-19-22-50-42(27-34)38-17-15-35(28-48(5,6)7)45-39-18-16-36(29-49)43(47(39)51-46(38)45)33-13-11-10-12-14-33/h10-19,22,25-27,30-32H,20-21,23-24,28H2,1-9H3/i28D2,32D. The van der Waals surface area contributed by atoms with E-state index in [4.69, 9.17) is 9.40 Å². The van der Waals surface area contributed by atoms with Crippen molar-refractivity contribution in [1.82, 2.24) is 4.98 Å². The van der Waals surface area contributed by atoms with Crippen LogP contribution in [0.5, 0.6) is 0 Å². The number of aromatic nitrogens is 1. The van der Waals surface area contributed by atoms with Crippen LogP contribution in [0.25, 0.3) is 55.4 Å². The number of pyridine rings is 1. The molecule has 0 atom stereocenters. The lowest BCUT2D eigenvalue weighted by atomic mass is 9.80. The molecule has 0 spiro atoms. The Bertz CT molecular complexity index is 2430. The zero-order valence-electron chi connectivity index (χ0n) is 35.4. The van der Waals surface area contributed by atoms with Crippen LogP contribution in [0.1, 0.15) is 111 Å². The van der Waals surface area contributed by atoms with E-state index >= 15 is 0 Å². The molecule has 52 heavy (non-hydrogen) atoms. The van der Waals surface area contributed by atoms with E-state index < -0.39 is 25.8 Å². The zero-order chi connectivity index (χ0) is 39.7. The van der Waals surface area contributed by atoms with Crippen LogP contribution in [0.3, 0.4) is 0 Å². The molecule has 0 unspecified atom stereocenters. The molecule has 0 bridgehead atoms. The van der Waals surface area contributed by atoms with Gasteiger partial charge in [-0.3, -0.25) is 4.98 Å². The van der Waals surface area contributed by atoms with Gasteiger partial charge in [-0.05, 0) is 112 Å². The van der Waals surface area contributed by atoms with E-state index in [2.05, 4.69) is 71.1 Å². The minimum Gasteiger partial charge on any atom is -0.455 e. The molecular formula is C48H54N2OSi. The molecule has 6 aromatic rings. The Morgan fingerprint density at radius 1 is 0.865 bits per heavy atom. The van der Waals surface area contributed by atoms with E-state index in [-0.39, 0.29) is 11.8 Å². The van der Waals surface area contributed by atoms with E-state index in [0.29, 0.717) is 33.2 Å². The molecule has 7 rings (SSSR count). The maximum atomic E-state index is 10.3. The molecule has 1 aliphatic rings. The minimum absolute atomic E-state index is 0.244. The third-order valence-electron chi connectivity index (χ3n) is 10.9. The van der Waals surface area contributed by atoms with Gasteiger partial charge in [-0.25, -0.2) is 0 Å². The Morgan fingerprint density at radius 3 is 2.15 bits per heavy atom. The van der Waals surface area contributed by atoms with Crippen molar-refractivity contribution >= 4 is 30.0 Å². The Kier molecular flexibility index (Phi) is 8.56. The summed E-state index contributed by atoms with van der Waals surface area (Å²) < 4.78 is 35.5. The number of nitriles is 1. The smallest absolute Gasteiger partial charge is 0.145 e. The molecule has 2 aromatic heterocycles. The third-order valence-corrected chi connectivity index (χ3v) is 14.1. The SMILES string of the molecule is [2H]C1(c2cc(C(C)C)c(-c3ccnc(-c4ccc(C([2H])([2H])C(C)(C)C)c5c4oc4c(-c6ccccc6)c(C#N)ccc45)c3)c(C(C)C)c2)CC[Si](C)(C)CC1. The summed E-state index contributed by atoms with van der Waals surface area (Å²) in [5.74, 6) is -0.0726. The monoisotopic (exact) mass is 705 g/mol. The molecule has 266 valence electrons. The summed E-state index contributed by atoms with van der Waals surface area (Å²) in [5, 5.41) is 11.7. The first-order valence-corrected chi connectivity index (χ1v) is 22.4. The summed E-state index contributed by atoms with van der Waals surface area (Å²) in [4.78, 5) is 4.94. The molecule has 4 aromatic carbocycles. The normalized spacial score (nSPS) is 16.9. The fraction of sp³-hybridized carbons (Fsp3) is 0.375. The fourth-order valence-corrected chi connectivity index (χ4v) is 10.2. The van der Waals surface area contributed by atoms with Crippen LogP contribution in [0, 0.1) is 16.7 Å². The Morgan fingerprint density at radius 2 is 1.54 bits per heavy atom. The van der Waals surface area contributed by atoms with Crippen molar-refractivity contribution in [3.8, 4) is 39.6 Å². The first-order chi connectivity index (χ1) is 25.9. The van der Waals surface area contributed by atoms with E-state index in [1.807, 2.05) is 81.6 Å². The molecular weight excluding hydrogens is 649 g/mol. The first kappa shape index (κ1) is 32.2. The predicted molar refractivity (Wildman–Crippen MR) is 223 cm³/mol. The Balaban J connectivity index is 1.48. The van der Waals surface area contributed by atoms with Crippen LogP contribution in [0.2, 0.25) is 25.2 Å². The molecule has 3 nitrogen and oxygen atoms in total. The Labute approximate surface area is 316 Å². The second-order valence-corrected chi connectivity index (χ2v) is 22.5. The molecule has 0 saturated carbocycles. The van der Waals surface area contributed by atoms with Gasteiger partial charge < -0.3 is 4.42 Å². The molecule has 1 fully saturated rings. The topological polar surface area (TPSA) is 49.8 Å². The van der Waals surface area contributed by atoms with Gasteiger partial charge in [0, 0.05) is 40.3 Å². The average molecular weight is 706 g/mol. The van der Waals surface area contributed by atoms with Crippen molar-refractivity contribution in [2.75, 3.05) is 0 Å². The second-order valence-electron chi connectivity index (χ2n) is 17.2. The quantitative estimate of drug-likeness (QED) is 0.155. The predicted octanol–water partition coefficient (Wildman–Crippen LogP) is 14.3. The molecule has 3 heterocycles. The van der Waals surface area contributed by atoms with E-state index in [0.717, 1.165) is 46.2 Å². The van der Waals surface area contributed by atoms with Gasteiger partial charge in [0.15, 0.2) is 0 Å². The lowest BCUT2D eigenvalue weighted by molar-refractivity contribution is 0.412. The van der Waals surface area contributed by atoms with Crippen LogP contribution in [0.15, 0.2) is 89.5 Å². The van der Waals surface area contributed by atoms with E-state index in [1.54, 1.807) is 0 Å². The first-order valence-electron chi connectivity index (χ1n) is 20.5. The number of furan rings is 1. The molecule has 0 radical (unpaired) electrons. The molecule has 0 N–H and O–H groups in total. The number of nitrogens with zero attached hydrogens (tertiary/aromatic N) is 2. The highest BCUT2D eigenvalue weighted by atomic mass is 28.3. The highest BCUT2D eigenvalue weighted by molar-refractivity contribution is 6.77. The average Bonchev–Trinajstić information content (AvgIpc) is 3.54. The van der Waals surface area contributed by atoms with Gasteiger partial charge in [0.05, 0.1) is 17.3 Å². The summed E-state index contributed by atoms with van der Waals surface area (Å²) in [6, 6.07) is 31.1. The van der Waals surface area contributed by atoms with Gasteiger partial charge in [-0.15, -0.1) is 0 Å². The molecule has 1 aliphatic heterocycles. The van der Waals surface area contributed by atoms with Gasteiger partial charge in [0.1, 0.15) is 11.2 Å². The summed E-state index contributed by atoms with van der Waals surface area (Å²) in [7, 11) is -1.23. The second kappa shape index (κ2) is 13.8. The number of hydrogen-bond donors (Lipinski definition) is 0. The Hall–Kier alpha value is -4.46. The molecule has 0 amide bonds. The number of rotatable bonds is 7. The van der Waals surface area contributed by atoms with Crippen molar-refractivity contribution in [2.24, 2.45) is 5.41 Å². The summed E-state index contributed by atoms with van der Waals surface area (Å²) in [6.45, 7) is 19.7. The van der Waals surface area contributed by atoms with Crippen molar-refractivity contribution in [3.63, 3.8) is 0 Å². The van der Waals surface area contributed by atoms with Crippen molar-refractivity contribution in [2.45, 2.75) is 111 Å². The fourth-order valence-electron chi connectivity index (χ4n) is 8.02. The molecule has 0 aliphatic carbocycles. The van der Waals surface area contributed by atoms with Gasteiger partial charge in [0.2, 0.25) is 0 Å². The van der Waals surface area contributed by atoms with Crippen LogP contribution in [-0.4, -0.2) is 13.1 Å². The number of benzene rings is 4. The van der Waals surface area contributed by atoms with Gasteiger partial charge in [-0.2, -0.15) is 5.26 Å². The zero-order valence-corrected chi connectivity index (χ0v) is 33.4. The number of hydrogen-bond acceptors (Lipinski definition) is 3. The van der Waals surface area contributed by atoms with Crippen molar-refractivity contribution in [1.29, 1.82) is 5.26 Å². The minimum atomic E-state index is -1.71. The van der Waals surface area contributed by atoms with Crippen molar-refractivity contribution in [3.05, 3.63) is 113 Å². The lowest BCUT2D eigenvalue weighted by Crippen LogP contribution is -2.30. The maximum Gasteiger partial charge on any atom is 0.145 e. The third kappa shape index (κ3) is 6.89. The van der Waals surface area contributed by atoms with Crippen molar-refractivity contribution < 1.29 is 8.53 Å². The summed E-state index contributed by atoms with van der Waals surface area (Å²) in [6.07, 6.45) is 2.02. The highest BCUT2D eigenvalue weighted by Gasteiger charge is 2.31. The maximum absolute atomic E-state index is 10.3. The van der Waals surface area contributed by atoms with Gasteiger partial charge in [-0.1, -0.05) is 122 Å². The lowest BCUT2D eigenvalue weighted by Gasteiger charge is -2.34. The van der Waals surface area contributed by atoms with Gasteiger partial charge in [0.25, 0.3) is 0 Å². The largest absolute Gasteiger partial charge is 0.455 e. The number of fused-ring (bicyclic) bond motifs is 3. The summed E-state index contributed by atoms with van der Waals surface area (Å²) >= 11 is 0. The van der Waals surface area contributed by atoms with Crippen LogP contribution >= 0.6 is 0 Å². The molecule has 4 heteroatoms. The van der Waals surface area contributed by atoms with Crippen LogP contribution in [-0.2, 0) is 6.37 Å². The van der Waals surface area contributed by atoms with E-state index in [1.165, 1.54) is 28.8 Å². The van der Waals surface area contributed by atoms with Crippen LogP contribution < -0.4 is 0 Å².